The molecule has 0 bridgehead atoms. The first-order chi connectivity index (χ1) is 9.20. The Hall–Kier alpha value is -2.43. The molecule has 0 saturated heterocycles. The van der Waals surface area contributed by atoms with Crippen LogP contribution in [0.25, 0.3) is 0 Å². The molecule has 2 rings (SSSR count). The zero-order chi connectivity index (χ0) is 13.7. The molecular formula is C14H16N4O. The van der Waals surface area contributed by atoms with Crippen LogP contribution in [0.3, 0.4) is 0 Å². The van der Waals surface area contributed by atoms with E-state index < -0.39 is 0 Å². The number of anilines is 2. The van der Waals surface area contributed by atoms with E-state index in [1.165, 1.54) is 0 Å². The molecule has 1 amide bonds. The summed E-state index contributed by atoms with van der Waals surface area (Å²) < 4.78 is 0. The molecular weight excluding hydrogens is 240 g/mol. The van der Waals surface area contributed by atoms with Crippen molar-refractivity contribution in [1.82, 2.24) is 14.9 Å². The first-order valence-electron chi connectivity index (χ1n) is 6.10. The Morgan fingerprint density at radius 2 is 1.84 bits per heavy atom. The quantitative estimate of drug-likeness (QED) is 0.912. The summed E-state index contributed by atoms with van der Waals surface area (Å²) in [5.41, 5.74) is 1.52. The van der Waals surface area contributed by atoms with Gasteiger partial charge in [0.05, 0.1) is 0 Å². The van der Waals surface area contributed by atoms with Gasteiger partial charge in [-0.1, -0.05) is 0 Å². The molecule has 1 aromatic carbocycles. The molecule has 0 saturated carbocycles. The zero-order valence-corrected chi connectivity index (χ0v) is 11.0. The summed E-state index contributed by atoms with van der Waals surface area (Å²) in [5.74, 6) is 0.553. The normalized spacial score (nSPS) is 10.0. The minimum absolute atomic E-state index is 0.0185. The molecule has 0 unspecified atom stereocenters. The molecule has 0 aliphatic carbocycles. The number of rotatable bonds is 4. The van der Waals surface area contributed by atoms with Crippen molar-refractivity contribution in [2.24, 2.45) is 0 Å². The highest BCUT2D eigenvalue weighted by atomic mass is 16.2. The molecule has 1 aromatic heterocycles. The first-order valence-corrected chi connectivity index (χ1v) is 6.10. The van der Waals surface area contributed by atoms with E-state index in [0.29, 0.717) is 18.1 Å². The van der Waals surface area contributed by atoms with E-state index in [2.05, 4.69) is 15.3 Å². The van der Waals surface area contributed by atoms with Gasteiger partial charge in [0.2, 0.25) is 5.95 Å². The fourth-order valence-corrected chi connectivity index (χ4v) is 1.55. The van der Waals surface area contributed by atoms with Crippen LogP contribution in [0.5, 0.6) is 0 Å². The molecule has 0 radical (unpaired) electrons. The molecule has 0 aliphatic rings. The fraction of sp³-hybridized carbons (Fsp3) is 0.214. The summed E-state index contributed by atoms with van der Waals surface area (Å²) in [6.07, 6.45) is 3.34. The van der Waals surface area contributed by atoms with Crippen molar-refractivity contribution in [3.05, 3.63) is 48.3 Å². The third-order valence-corrected chi connectivity index (χ3v) is 2.77. The number of hydrogen-bond donors (Lipinski definition) is 1. The highest BCUT2D eigenvalue weighted by Gasteiger charge is 2.09. The van der Waals surface area contributed by atoms with Crippen molar-refractivity contribution in [3.63, 3.8) is 0 Å². The number of aromatic nitrogens is 2. The number of carbonyl (C=O) groups excluding carboxylic acids is 1. The average Bonchev–Trinajstić information content (AvgIpc) is 2.47. The maximum absolute atomic E-state index is 11.9. The summed E-state index contributed by atoms with van der Waals surface area (Å²) >= 11 is 0. The standard InChI is InChI=1S/C14H16N4O/c1-3-18(2)13(19)11-5-7-12(8-6-11)17-14-15-9-4-10-16-14/h4-10H,3H2,1-2H3,(H,15,16,17). The van der Waals surface area contributed by atoms with Gasteiger partial charge < -0.3 is 10.2 Å². The predicted octanol–water partition coefficient (Wildman–Crippen LogP) is 2.31. The van der Waals surface area contributed by atoms with E-state index in [1.54, 1.807) is 42.5 Å². The number of amides is 1. The average molecular weight is 256 g/mol. The molecule has 0 atom stereocenters. The molecule has 0 spiro atoms. The molecule has 1 N–H and O–H groups in total. The lowest BCUT2D eigenvalue weighted by molar-refractivity contribution is 0.0802. The Kier molecular flexibility index (Phi) is 4.07. The van der Waals surface area contributed by atoms with Gasteiger partial charge in [0.25, 0.3) is 5.91 Å². The smallest absolute Gasteiger partial charge is 0.253 e. The third-order valence-electron chi connectivity index (χ3n) is 2.77. The Morgan fingerprint density at radius 3 is 2.42 bits per heavy atom. The summed E-state index contributed by atoms with van der Waals surface area (Å²) in [6.45, 7) is 2.64. The van der Waals surface area contributed by atoms with Crippen molar-refractivity contribution in [1.29, 1.82) is 0 Å². The lowest BCUT2D eigenvalue weighted by atomic mass is 10.2. The predicted molar refractivity (Wildman–Crippen MR) is 74.4 cm³/mol. The minimum Gasteiger partial charge on any atom is -0.342 e. The van der Waals surface area contributed by atoms with Gasteiger partial charge in [0, 0.05) is 37.2 Å². The summed E-state index contributed by atoms with van der Waals surface area (Å²) in [6, 6.07) is 9.02. The van der Waals surface area contributed by atoms with E-state index in [9.17, 15) is 4.79 Å². The largest absolute Gasteiger partial charge is 0.342 e. The van der Waals surface area contributed by atoms with E-state index in [-0.39, 0.29) is 5.91 Å². The number of carbonyl (C=O) groups is 1. The number of hydrogen-bond acceptors (Lipinski definition) is 4. The second kappa shape index (κ2) is 5.95. The van der Waals surface area contributed by atoms with Gasteiger partial charge in [-0.3, -0.25) is 4.79 Å². The van der Waals surface area contributed by atoms with Crippen LogP contribution in [0.2, 0.25) is 0 Å². The maximum Gasteiger partial charge on any atom is 0.253 e. The third kappa shape index (κ3) is 3.28. The molecule has 1 heterocycles. The lowest BCUT2D eigenvalue weighted by Gasteiger charge is -2.14. The van der Waals surface area contributed by atoms with Gasteiger partial charge in [-0.25, -0.2) is 9.97 Å². The highest BCUT2D eigenvalue weighted by Crippen LogP contribution is 2.14. The molecule has 19 heavy (non-hydrogen) atoms. The van der Waals surface area contributed by atoms with Crippen LogP contribution >= 0.6 is 0 Å². The molecule has 5 heteroatoms. The SMILES string of the molecule is CCN(C)C(=O)c1ccc(Nc2ncccn2)cc1. The van der Waals surface area contributed by atoms with Crippen molar-refractivity contribution in [3.8, 4) is 0 Å². The molecule has 98 valence electrons. The van der Waals surface area contributed by atoms with Crippen LogP contribution in [0.15, 0.2) is 42.7 Å². The highest BCUT2D eigenvalue weighted by molar-refractivity contribution is 5.94. The topological polar surface area (TPSA) is 58.1 Å². The lowest BCUT2D eigenvalue weighted by Crippen LogP contribution is -2.26. The monoisotopic (exact) mass is 256 g/mol. The maximum atomic E-state index is 11.9. The van der Waals surface area contributed by atoms with E-state index in [1.807, 2.05) is 19.1 Å². The Labute approximate surface area is 112 Å². The second-order valence-electron chi connectivity index (χ2n) is 4.09. The van der Waals surface area contributed by atoms with Crippen LogP contribution in [0.1, 0.15) is 17.3 Å². The van der Waals surface area contributed by atoms with Crippen molar-refractivity contribution in [2.75, 3.05) is 18.9 Å². The second-order valence-corrected chi connectivity index (χ2v) is 4.09. The summed E-state index contributed by atoms with van der Waals surface area (Å²) in [5, 5.41) is 3.07. The summed E-state index contributed by atoms with van der Waals surface area (Å²) in [4.78, 5) is 21.7. The van der Waals surface area contributed by atoms with E-state index in [4.69, 9.17) is 0 Å². The number of nitrogens with zero attached hydrogens (tertiary/aromatic N) is 3. The van der Waals surface area contributed by atoms with Crippen LogP contribution in [0, 0.1) is 0 Å². The van der Waals surface area contributed by atoms with Crippen LogP contribution in [-0.2, 0) is 0 Å². The minimum atomic E-state index is 0.0185. The number of nitrogens with one attached hydrogen (secondary N) is 1. The van der Waals surface area contributed by atoms with Crippen molar-refractivity contribution in [2.45, 2.75) is 6.92 Å². The van der Waals surface area contributed by atoms with Gasteiger partial charge in [-0.05, 0) is 37.3 Å². The van der Waals surface area contributed by atoms with Gasteiger partial charge in [-0.15, -0.1) is 0 Å². The molecule has 2 aromatic rings. The Bertz CT molecular complexity index is 539. The van der Waals surface area contributed by atoms with Crippen LogP contribution in [0.4, 0.5) is 11.6 Å². The van der Waals surface area contributed by atoms with Gasteiger partial charge in [0.1, 0.15) is 0 Å². The van der Waals surface area contributed by atoms with Gasteiger partial charge in [0.15, 0.2) is 0 Å². The van der Waals surface area contributed by atoms with Gasteiger partial charge in [-0.2, -0.15) is 0 Å². The first kappa shape index (κ1) is 13.0. The Balaban J connectivity index is 2.09. The number of benzene rings is 1. The fourth-order valence-electron chi connectivity index (χ4n) is 1.55. The van der Waals surface area contributed by atoms with E-state index in [0.717, 1.165) is 5.69 Å². The summed E-state index contributed by atoms with van der Waals surface area (Å²) in [7, 11) is 1.78. The zero-order valence-electron chi connectivity index (χ0n) is 11.0. The van der Waals surface area contributed by atoms with Crippen molar-refractivity contribution < 1.29 is 4.79 Å². The van der Waals surface area contributed by atoms with Gasteiger partial charge >= 0.3 is 0 Å². The molecule has 0 fully saturated rings. The Morgan fingerprint density at radius 1 is 1.21 bits per heavy atom. The molecule has 5 nitrogen and oxygen atoms in total. The van der Waals surface area contributed by atoms with E-state index >= 15 is 0 Å². The van der Waals surface area contributed by atoms with Crippen LogP contribution < -0.4 is 5.32 Å². The van der Waals surface area contributed by atoms with Crippen molar-refractivity contribution >= 4 is 17.5 Å². The molecule has 0 aliphatic heterocycles. The van der Waals surface area contributed by atoms with Crippen LogP contribution in [-0.4, -0.2) is 34.4 Å².